The molecule has 0 atom stereocenters. The molecule has 9 aromatic rings. The van der Waals surface area contributed by atoms with Crippen molar-refractivity contribution in [3.8, 4) is 68.3 Å². The highest BCUT2D eigenvalue weighted by Crippen LogP contribution is 2.43. The summed E-state index contributed by atoms with van der Waals surface area (Å²) in [6, 6.07) is 50.2. The van der Waals surface area contributed by atoms with E-state index in [0.29, 0.717) is 34.9 Å². The SMILES string of the molecule is Cc1ccc(-c2nc(-c3ccc(C)cc3)nc(-c3c4ccccc4c(-c4nc(-c5ccc(C)cc5)nc(-c5ccc(C)cc5)n4)c4ccccc34)n2)cc1. The molecule has 0 unspecified atom stereocenters. The minimum atomic E-state index is 0.603. The lowest BCUT2D eigenvalue weighted by atomic mass is 9.90. The van der Waals surface area contributed by atoms with E-state index in [1.807, 2.05) is 0 Å². The molecule has 2 aromatic heterocycles. The highest BCUT2D eigenvalue weighted by atomic mass is 15.0. The molecule has 7 aromatic carbocycles. The topological polar surface area (TPSA) is 77.3 Å². The highest BCUT2D eigenvalue weighted by Gasteiger charge is 2.23. The largest absolute Gasteiger partial charge is 0.208 e. The van der Waals surface area contributed by atoms with Crippen molar-refractivity contribution in [2.75, 3.05) is 0 Å². The van der Waals surface area contributed by atoms with Crippen molar-refractivity contribution in [1.29, 1.82) is 0 Å². The van der Waals surface area contributed by atoms with Crippen LogP contribution in [-0.4, -0.2) is 29.9 Å². The predicted molar refractivity (Wildman–Crippen MR) is 220 cm³/mol. The quantitative estimate of drug-likeness (QED) is 0.161. The molecular weight excluding hydrogens is 661 g/mol. The predicted octanol–water partition coefficient (Wildman–Crippen LogP) is 11.6. The van der Waals surface area contributed by atoms with E-state index in [4.69, 9.17) is 29.9 Å². The molecule has 258 valence electrons. The van der Waals surface area contributed by atoms with Crippen LogP contribution < -0.4 is 0 Å². The van der Waals surface area contributed by atoms with E-state index in [1.54, 1.807) is 0 Å². The van der Waals surface area contributed by atoms with Crippen LogP contribution in [0.3, 0.4) is 0 Å². The summed E-state index contributed by atoms with van der Waals surface area (Å²) in [6.45, 7) is 8.33. The van der Waals surface area contributed by atoms with Gasteiger partial charge >= 0.3 is 0 Å². The first-order valence-electron chi connectivity index (χ1n) is 18.1. The lowest BCUT2D eigenvalue weighted by molar-refractivity contribution is 1.07. The fraction of sp³-hybridized carbons (Fsp3) is 0.0833. The van der Waals surface area contributed by atoms with Crippen LogP contribution in [0.15, 0.2) is 146 Å². The van der Waals surface area contributed by atoms with Crippen molar-refractivity contribution >= 4 is 21.5 Å². The van der Waals surface area contributed by atoms with Crippen molar-refractivity contribution in [1.82, 2.24) is 29.9 Å². The number of benzene rings is 7. The lowest BCUT2D eigenvalue weighted by Gasteiger charge is -2.17. The Labute approximate surface area is 314 Å². The third-order valence-electron chi connectivity index (χ3n) is 9.89. The minimum absolute atomic E-state index is 0.603. The van der Waals surface area contributed by atoms with Crippen molar-refractivity contribution in [3.05, 3.63) is 168 Å². The zero-order valence-corrected chi connectivity index (χ0v) is 30.5. The lowest BCUT2D eigenvalue weighted by Crippen LogP contribution is -2.03. The molecule has 0 saturated carbocycles. The number of fused-ring (bicyclic) bond motifs is 2. The van der Waals surface area contributed by atoms with Gasteiger partial charge in [0.25, 0.3) is 0 Å². The fourth-order valence-corrected chi connectivity index (χ4v) is 6.91. The number of aromatic nitrogens is 6. The summed E-state index contributed by atoms with van der Waals surface area (Å²) in [5.41, 5.74) is 10.3. The van der Waals surface area contributed by atoms with Crippen LogP contribution >= 0.6 is 0 Å². The van der Waals surface area contributed by atoms with Gasteiger partial charge in [0.2, 0.25) is 0 Å². The summed E-state index contributed by atoms with van der Waals surface area (Å²) in [5, 5.41) is 3.99. The molecule has 0 radical (unpaired) electrons. The van der Waals surface area contributed by atoms with Gasteiger partial charge < -0.3 is 0 Å². The van der Waals surface area contributed by atoms with Gasteiger partial charge in [0, 0.05) is 33.4 Å². The summed E-state index contributed by atoms with van der Waals surface area (Å²) in [4.78, 5) is 30.9. The van der Waals surface area contributed by atoms with E-state index in [9.17, 15) is 0 Å². The Kier molecular flexibility index (Phi) is 8.28. The van der Waals surface area contributed by atoms with Gasteiger partial charge in [-0.2, -0.15) is 0 Å². The van der Waals surface area contributed by atoms with Crippen LogP contribution in [0, 0.1) is 27.7 Å². The van der Waals surface area contributed by atoms with Gasteiger partial charge in [-0.05, 0) is 49.2 Å². The molecule has 9 rings (SSSR count). The smallest absolute Gasteiger partial charge is 0.165 e. The molecule has 0 amide bonds. The molecular formula is C48H36N6. The van der Waals surface area contributed by atoms with E-state index in [1.165, 1.54) is 22.3 Å². The third-order valence-corrected chi connectivity index (χ3v) is 9.89. The summed E-state index contributed by atoms with van der Waals surface area (Å²) in [6.07, 6.45) is 0. The Hall–Kier alpha value is -6.92. The van der Waals surface area contributed by atoms with Crippen LogP contribution in [0.1, 0.15) is 22.3 Å². The number of rotatable bonds is 6. The maximum Gasteiger partial charge on any atom is 0.165 e. The third kappa shape index (κ3) is 6.18. The first-order chi connectivity index (χ1) is 26.4. The van der Waals surface area contributed by atoms with E-state index in [-0.39, 0.29) is 0 Å². The van der Waals surface area contributed by atoms with Crippen molar-refractivity contribution in [2.24, 2.45) is 0 Å². The molecule has 0 bridgehead atoms. The molecule has 0 aliphatic rings. The molecule has 2 heterocycles. The van der Waals surface area contributed by atoms with Crippen LogP contribution in [0.25, 0.3) is 89.9 Å². The number of nitrogens with zero attached hydrogens (tertiary/aromatic N) is 6. The van der Waals surface area contributed by atoms with Crippen molar-refractivity contribution in [2.45, 2.75) is 27.7 Å². The molecule has 6 nitrogen and oxygen atoms in total. The van der Waals surface area contributed by atoms with Crippen molar-refractivity contribution < 1.29 is 0 Å². The van der Waals surface area contributed by atoms with Crippen LogP contribution in [-0.2, 0) is 0 Å². The maximum atomic E-state index is 5.21. The molecule has 0 spiro atoms. The van der Waals surface area contributed by atoms with Gasteiger partial charge in [-0.15, -0.1) is 0 Å². The Morgan fingerprint density at radius 3 is 0.667 bits per heavy atom. The molecule has 0 saturated heterocycles. The number of aryl methyl sites for hydroxylation is 4. The Balaban J connectivity index is 1.34. The summed E-state index contributed by atoms with van der Waals surface area (Å²) >= 11 is 0. The second kappa shape index (κ2) is 13.6. The van der Waals surface area contributed by atoms with Crippen molar-refractivity contribution in [3.63, 3.8) is 0 Å². The first kappa shape index (κ1) is 33.0. The van der Waals surface area contributed by atoms with Gasteiger partial charge in [0.05, 0.1) is 0 Å². The van der Waals surface area contributed by atoms with Gasteiger partial charge in [-0.3, -0.25) is 0 Å². The van der Waals surface area contributed by atoms with E-state index in [2.05, 4.69) is 173 Å². The highest BCUT2D eigenvalue weighted by molar-refractivity contribution is 6.20. The van der Waals surface area contributed by atoms with Crippen LogP contribution in [0.4, 0.5) is 0 Å². The maximum absolute atomic E-state index is 5.21. The van der Waals surface area contributed by atoms with E-state index >= 15 is 0 Å². The second-order valence-corrected chi connectivity index (χ2v) is 13.9. The van der Waals surface area contributed by atoms with Gasteiger partial charge in [0.15, 0.2) is 34.9 Å². The zero-order chi connectivity index (χ0) is 36.8. The Morgan fingerprint density at radius 1 is 0.241 bits per heavy atom. The normalized spacial score (nSPS) is 11.3. The van der Waals surface area contributed by atoms with Gasteiger partial charge in [-0.25, -0.2) is 29.9 Å². The number of hydrogen-bond donors (Lipinski definition) is 0. The average molecular weight is 697 g/mol. The second-order valence-electron chi connectivity index (χ2n) is 13.9. The Bertz CT molecular complexity index is 2450. The minimum Gasteiger partial charge on any atom is -0.208 e. The summed E-state index contributed by atoms with van der Waals surface area (Å²) < 4.78 is 0. The van der Waals surface area contributed by atoms with E-state index in [0.717, 1.165) is 54.9 Å². The standard InChI is InChI=1S/C48H36N6/c1-29-13-21-33(22-14-29)43-49-44(34-23-15-30(2)16-24-34)52-47(51-43)41-37-9-5-7-11-39(37)42(40-12-8-6-10-38(40)41)48-53-45(35-25-17-31(3)18-26-35)50-46(54-48)36-27-19-32(4)20-28-36/h5-28H,1-4H3. The first-order valence-corrected chi connectivity index (χ1v) is 18.1. The zero-order valence-electron chi connectivity index (χ0n) is 30.5. The monoisotopic (exact) mass is 696 g/mol. The molecule has 6 heteroatoms. The number of hydrogen-bond acceptors (Lipinski definition) is 6. The molecule has 54 heavy (non-hydrogen) atoms. The van der Waals surface area contributed by atoms with Crippen LogP contribution in [0.2, 0.25) is 0 Å². The average Bonchev–Trinajstić information content (AvgIpc) is 3.20. The van der Waals surface area contributed by atoms with Gasteiger partial charge in [-0.1, -0.05) is 168 Å². The molecule has 0 aliphatic heterocycles. The summed E-state index contributed by atoms with van der Waals surface area (Å²) in [7, 11) is 0. The molecule has 0 aliphatic carbocycles. The fourth-order valence-electron chi connectivity index (χ4n) is 6.91. The molecule has 0 fully saturated rings. The Morgan fingerprint density at radius 2 is 0.444 bits per heavy atom. The van der Waals surface area contributed by atoms with E-state index < -0.39 is 0 Å². The van der Waals surface area contributed by atoms with Gasteiger partial charge in [0.1, 0.15) is 0 Å². The summed E-state index contributed by atoms with van der Waals surface area (Å²) in [5.74, 6) is 3.69. The van der Waals surface area contributed by atoms with Crippen LogP contribution in [0.5, 0.6) is 0 Å². The molecule has 0 N–H and O–H groups in total.